The molecule has 0 radical (unpaired) electrons. The van der Waals surface area contributed by atoms with Gasteiger partial charge in [-0.25, -0.2) is 0 Å². The van der Waals surface area contributed by atoms with Gasteiger partial charge < -0.3 is 9.47 Å². The topological polar surface area (TPSA) is 21.7 Å². The van der Waals surface area contributed by atoms with Gasteiger partial charge >= 0.3 is 0 Å². The van der Waals surface area contributed by atoms with E-state index in [0.717, 1.165) is 13.1 Å². The second kappa shape index (κ2) is 5.48. The zero-order chi connectivity index (χ0) is 12.3. The summed E-state index contributed by atoms with van der Waals surface area (Å²) in [6.07, 6.45) is 0.319. The molecule has 0 aromatic heterocycles. The lowest BCUT2D eigenvalue weighted by molar-refractivity contribution is -0.0759. The molecule has 0 aromatic rings. The molecule has 1 aliphatic heterocycles. The van der Waals surface area contributed by atoms with E-state index in [1.165, 1.54) is 0 Å². The van der Waals surface area contributed by atoms with Crippen molar-refractivity contribution < 1.29 is 9.47 Å². The van der Waals surface area contributed by atoms with Gasteiger partial charge in [0.2, 0.25) is 0 Å². The molecule has 0 saturated carbocycles. The first kappa shape index (κ1) is 13.9. The third-order valence-corrected chi connectivity index (χ3v) is 3.52. The van der Waals surface area contributed by atoms with E-state index in [-0.39, 0.29) is 5.60 Å². The maximum atomic E-state index is 5.98. The Hall–Kier alpha value is -0.120. The second-order valence-corrected chi connectivity index (χ2v) is 5.77. The summed E-state index contributed by atoms with van der Waals surface area (Å²) in [7, 11) is 1.78. The molecular formula is C13H27NO2. The number of rotatable bonds is 3. The van der Waals surface area contributed by atoms with Gasteiger partial charge in [0.25, 0.3) is 0 Å². The Balaban J connectivity index is 2.76. The summed E-state index contributed by atoms with van der Waals surface area (Å²) in [6, 6.07) is 0.539. The van der Waals surface area contributed by atoms with Gasteiger partial charge in [-0.1, -0.05) is 13.8 Å². The van der Waals surface area contributed by atoms with E-state index in [0.29, 0.717) is 24.7 Å². The van der Waals surface area contributed by atoms with Crippen molar-refractivity contribution in [2.75, 3.05) is 26.8 Å². The average Bonchev–Trinajstić information content (AvgIpc) is 2.38. The molecule has 1 aliphatic rings. The summed E-state index contributed by atoms with van der Waals surface area (Å²) in [5.41, 5.74) is -0.173. The van der Waals surface area contributed by atoms with Gasteiger partial charge in [-0.3, -0.25) is 4.90 Å². The van der Waals surface area contributed by atoms with E-state index in [1.54, 1.807) is 7.11 Å². The van der Waals surface area contributed by atoms with E-state index >= 15 is 0 Å². The Bertz CT molecular complexity index is 218. The van der Waals surface area contributed by atoms with Crippen LogP contribution < -0.4 is 0 Å². The Morgan fingerprint density at radius 3 is 2.38 bits per heavy atom. The summed E-state index contributed by atoms with van der Waals surface area (Å²) >= 11 is 0. The predicted octanol–water partition coefficient (Wildman–Crippen LogP) is 2.16. The first-order valence-electron chi connectivity index (χ1n) is 6.29. The van der Waals surface area contributed by atoms with Crippen LogP contribution in [0.5, 0.6) is 0 Å². The Kier molecular flexibility index (Phi) is 4.77. The third-order valence-electron chi connectivity index (χ3n) is 3.52. The molecule has 3 heteroatoms. The fourth-order valence-corrected chi connectivity index (χ4v) is 2.03. The maximum absolute atomic E-state index is 5.98. The van der Waals surface area contributed by atoms with Gasteiger partial charge in [-0.15, -0.1) is 0 Å². The lowest BCUT2D eigenvalue weighted by atomic mass is 10.1. The van der Waals surface area contributed by atoms with E-state index < -0.39 is 0 Å². The highest BCUT2D eigenvalue weighted by atomic mass is 16.5. The van der Waals surface area contributed by atoms with Crippen LogP contribution in [-0.2, 0) is 9.47 Å². The standard InChI is InChI=1S/C13H27NO2/c1-10(2)12-7-14(11(3)4)8-13(5,15-6)9-16-12/h10-12H,7-9H2,1-6H3/t12-,13+/m1/s1. The molecule has 0 bridgehead atoms. The highest BCUT2D eigenvalue weighted by Crippen LogP contribution is 2.22. The molecule has 1 fully saturated rings. The van der Waals surface area contributed by atoms with Crippen LogP contribution in [0.25, 0.3) is 0 Å². The first-order chi connectivity index (χ1) is 7.38. The second-order valence-electron chi connectivity index (χ2n) is 5.77. The van der Waals surface area contributed by atoms with Crippen LogP contribution in [0, 0.1) is 5.92 Å². The Morgan fingerprint density at radius 1 is 1.31 bits per heavy atom. The summed E-state index contributed by atoms with van der Waals surface area (Å²) in [6.45, 7) is 13.7. The molecule has 1 rings (SSSR count). The molecule has 0 amide bonds. The fourth-order valence-electron chi connectivity index (χ4n) is 2.03. The lowest BCUT2D eigenvalue weighted by Gasteiger charge is -2.33. The molecule has 0 N–H and O–H groups in total. The zero-order valence-corrected chi connectivity index (χ0v) is 11.6. The molecule has 0 spiro atoms. The van der Waals surface area contributed by atoms with Gasteiger partial charge in [0, 0.05) is 26.2 Å². The van der Waals surface area contributed by atoms with Crippen molar-refractivity contribution in [1.82, 2.24) is 4.90 Å². The van der Waals surface area contributed by atoms with Crippen molar-refractivity contribution in [3.8, 4) is 0 Å². The largest absolute Gasteiger partial charge is 0.375 e. The van der Waals surface area contributed by atoms with Gasteiger partial charge in [-0.05, 0) is 26.7 Å². The van der Waals surface area contributed by atoms with Crippen LogP contribution in [0.4, 0.5) is 0 Å². The van der Waals surface area contributed by atoms with Crippen LogP contribution in [0.3, 0.4) is 0 Å². The van der Waals surface area contributed by atoms with E-state index in [2.05, 4.69) is 39.5 Å². The van der Waals surface area contributed by atoms with Crippen molar-refractivity contribution in [2.45, 2.75) is 52.4 Å². The molecule has 1 saturated heterocycles. The van der Waals surface area contributed by atoms with Gasteiger partial charge in [0.1, 0.15) is 5.60 Å². The fraction of sp³-hybridized carbons (Fsp3) is 1.00. The van der Waals surface area contributed by atoms with Crippen molar-refractivity contribution >= 4 is 0 Å². The SMILES string of the molecule is CO[C@]1(C)CO[C@@H](C(C)C)CN(C(C)C)C1. The summed E-state index contributed by atoms with van der Waals surface area (Å²) in [4.78, 5) is 2.46. The summed E-state index contributed by atoms with van der Waals surface area (Å²) < 4.78 is 11.6. The normalized spacial score (nSPS) is 33.4. The minimum absolute atomic E-state index is 0.173. The van der Waals surface area contributed by atoms with Gasteiger partial charge in [0.15, 0.2) is 0 Å². The van der Waals surface area contributed by atoms with Crippen LogP contribution in [0.2, 0.25) is 0 Å². The van der Waals surface area contributed by atoms with Gasteiger partial charge in [-0.2, -0.15) is 0 Å². The third kappa shape index (κ3) is 3.44. The van der Waals surface area contributed by atoms with E-state index in [9.17, 15) is 0 Å². The number of ether oxygens (including phenoxy) is 2. The van der Waals surface area contributed by atoms with Crippen LogP contribution in [0.1, 0.15) is 34.6 Å². The number of methoxy groups -OCH3 is 1. The van der Waals surface area contributed by atoms with Crippen molar-refractivity contribution in [3.05, 3.63) is 0 Å². The van der Waals surface area contributed by atoms with E-state index in [4.69, 9.17) is 9.47 Å². The predicted molar refractivity (Wildman–Crippen MR) is 66.7 cm³/mol. The average molecular weight is 229 g/mol. The van der Waals surface area contributed by atoms with Crippen molar-refractivity contribution in [3.63, 3.8) is 0 Å². The molecule has 0 unspecified atom stereocenters. The number of hydrogen-bond donors (Lipinski definition) is 0. The van der Waals surface area contributed by atoms with Crippen LogP contribution in [0.15, 0.2) is 0 Å². The maximum Gasteiger partial charge on any atom is 0.101 e. The lowest BCUT2D eigenvalue weighted by Crippen LogP contribution is -2.46. The van der Waals surface area contributed by atoms with Crippen molar-refractivity contribution in [2.24, 2.45) is 5.92 Å². The highest BCUT2D eigenvalue weighted by molar-refractivity contribution is 4.86. The smallest absolute Gasteiger partial charge is 0.101 e. The van der Waals surface area contributed by atoms with Crippen molar-refractivity contribution in [1.29, 1.82) is 0 Å². The molecule has 16 heavy (non-hydrogen) atoms. The Morgan fingerprint density at radius 2 is 1.94 bits per heavy atom. The molecule has 1 heterocycles. The minimum atomic E-state index is -0.173. The molecular weight excluding hydrogens is 202 g/mol. The number of hydrogen-bond acceptors (Lipinski definition) is 3. The Labute approximate surface area is 100 Å². The highest BCUT2D eigenvalue weighted by Gasteiger charge is 2.35. The monoisotopic (exact) mass is 229 g/mol. The molecule has 3 nitrogen and oxygen atoms in total. The number of nitrogens with zero attached hydrogens (tertiary/aromatic N) is 1. The van der Waals surface area contributed by atoms with Crippen LogP contribution in [-0.4, -0.2) is 49.5 Å². The molecule has 0 aliphatic carbocycles. The summed E-state index contributed by atoms with van der Waals surface area (Å²) in [5.74, 6) is 0.556. The zero-order valence-electron chi connectivity index (χ0n) is 11.6. The molecule has 0 aromatic carbocycles. The molecule has 96 valence electrons. The van der Waals surface area contributed by atoms with E-state index in [1.807, 2.05) is 0 Å². The molecule has 2 atom stereocenters. The minimum Gasteiger partial charge on any atom is -0.375 e. The van der Waals surface area contributed by atoms with Gasteiger partial charge in [0.05, 0.1) is 12.7 Å². The quantitative estimate of drug-likeness (QED) is 0.740. The first-order valence-corrected chi connectivity index (χ1v) is 6.29. The van der Waals surface area contributed by atoms with Crippen LogP contribution >= 0.6 is 0 Å². The summed E-state index contributed by atoms with van der Waals surface area (Å²) in [5, 5.41) is 0.